The number of primary amides is 1. The lowest BCUT2D eigenvalue weighted by Gasteiger charge is -2.33. The number of carbonyl (C=O) groups excluding carboxylic acids is 1. The maximum Gasteiger partial charge on any atom is 0.222 e. The summed E-state index contributed by atoms with van der Waals surface area (Å²) in [5.41, 5.74) is 8.29. The van der Waals surface area contributed by atoms with Crippen LogP contribution in [0.2, 0.25) is 0 Å². The first-order valence-corrected chi connectivity index (χ1v) is 10.7. The monoisotopic (exact) mass is 417 g/mol. The zero-order valence-corrected chi connectivity index (χ0v) is 17.7. The summed E-state index contributed by atoms with van der Waals surface area (Å²) in [4.78, 5) is 32.1. The smallest absolute Gasteiger partial charge is 0.222 e. The number of amides is 1. The third-order valence-electron chi connectivity index (χ3n) is 5.49. The molecule has 1 aliphatic rings. The third-order valence-corrected chi connectivity index (χ3v) is 5.49. The molecule has 1 fully saturated rings. The van der Waals surface area contributed by atoms with E-state index < -0.39 is 0 Å². The molecule has 3 aromatic heterocycles. The van der Waals surface area contributed by atoms with Crippen LogP contribution in [0.4, 0.5) is 11.6 Å². The minimum Gasteiger partial charge on any atom is -0.369 e. The fourth-order valence-electron chi connectivity index (χ4n) is 3.82. The van der Waals surface area contributed by atoms with E-state index in [1.807, 2.05) is 36.4 Å². The summed E-state index contributed by atoms with van der Waals surface area (Å²) in [5.74, 6) is 1.86. The molecule has 8 heteroatoms. The van der Waals surface area contributed by atoms with Gasteiger partial charge in [-0.3, -0.25) is 9.78 Å². The number of nitrogens with one attached hydrogen (secondary N) is 1. The second-order valence-corrected chi connectivity index (χ2v) is 7.66. The van der Waals surface area contributed by atoms with Gasteiger partial charge in [0.25, 0.3) is 0 Å². The zero-order chi connectivity index (χ0) is 21.6. The Morgan fingerprint density at radius 2 is 2.06 bits per heavy atom. The molecule has 1 amide bonds. The van der Waals surface area contributed by atoms with Crippen molar-refractivity contribution in [3.05, 3.63) is 60.0 Å². The van der Waals surface area contributed by atoms with Gasteiger partial charge in [-0.15, -0.1) is 0 Å². The van der Waals surface area contributed by atoms with Crippen LogP contribution in [0.25, 0.3) is 11.5 Å². The highest BCUT2D eigenvalue weighted by Crippen LogP contribution is 2.25. The Morgan fingerprint density at radius 1 is 1.19 bits per heavy atom. The number of hydrogen-bond acceptors (Lipinski definition) is 7. The van der Waals surface area contributed by atoms with Crippen LogP contribution < -0.4 is 16.0 Å². The molecule has 0 aromatic carbocycles. The van der Waals surface area contributed by atoms with Crippen molar-refractivity contribution in [3.8, 4) is 11.5 Å². The van der Waals surface area contributed by atoms with Gasteiger partial charge in [-0.25, -0.2) is 15.0 Å². The molecule has 4 heterocycles. The Morgan fingerprint density at radius 3 is 2.84 bits per heavy atom. The molecule has 3 N–H and O–H groups in total. The number of piperidine rings is 1. The number of anilines is 2. The van der Waals surface area contributed by atoms with Gasteiger partial charge in [0.2, 0.25) is 5.91 Å². The lowest BCUT2D eigenvalue weighted by Crippen LogP contribution is -2.42. The SMILES string of the molecule is CCc1cc(NCc2cccnc2N2CCCC(C(N)=O)C2)nc(-c2ccccn2)n1. The van der Waals surface area contributed by atoms with Gasteiger partial charge in [0.15, 0.2) is 5.82 Å². The number of nitrogens with zero attached hydrogens (tertiary/aromatic N) is 5. The van der Waals surface area contributed by atoms with E-state index in [0.29, 0.717) is 18.9 Å². The van der Waals surface area contributed by atoms with E-state index in [4.69, 9.17) is 5.73 Å². The highest BCUT2D eigenvalue weighted by molar-refractivity contribution is 5.77. The quantitative estimate of drug-likeness (QED) is 0.608. The Bertz CT molecular complexity index is 1040. The standard InChI is InChI=1S/C23H27N7O/c1-2-18-13-20(29-22(28-18)19-9-3-4-10-25-19)27-14-16-7-5-11-26-23(16)30-12-6-8-17(15-30)21(24)31/h3-5,7,9-11,13,17H,2,6,8,12,14-15H2,1H3,(H2,24,31)(H,27,28,29). The molecule has 1 saturated heterocycles. The molecule has 160 valence electrons. The van der Waals surface area contributed by atoms with Gasteiger partial charge in [-0.2, -0.15) is 0 Å². The maximum absolute atomic E-state index is 11.7. The molecule has 1 unspecified atom stereocenters. The molecular formula is C23H27N7O. The molecule has 0 saturated carbocycles. The van der Waals surface area contributed by atoms with Crippen molar-refractivity contribution >= 4 is 17.5 Å². The van der Waals surface area contributed by atoms with E-state index in [1.165, 1.54) is 0 Å². The second kappa shape index (κ2) is 9.51. The van der Waals surface area contributed by atoms with Gasteiger partial charge in [-0.1, -0.05) is 19.1 Å². The van der Waals surface area contributed by atoms with Crippen molar-refractivity contribution in [1.82, 2.24) is 19.9 Å². The van der Waals surface area contributed by atoms with Crippen LogP contribution in [-0.2, 0) is 17.8 Å². The molecule has 0 spiro atoms. The molecular weight excluding hydrogens is 390 g/mol. The van der Waals surface area contributed by atoms with Crippen molar-refractivity contribution in [2.24, 2.45) is 11.7 Å². The normalized spacial score (nSPS) is 16.2. The number of aryl methyl sites for hydroxylation is 1. The minimum atomic E-state index is -0.240. The molecule has 1 atom stereocenters. The van der Waals surface area contributed by atoms with Gasteiger partial charge in [0, 0.05) is 49.4 Å². The van der Waals surface area contributed by atoms with Crippen LogP contribution in [0.3, 0.4) is 0 Å². The third kappa shape index (κ3) is 4.96. The van der Waals surface area contributed by atoms with Crippen LogP contribution in [0.15, 0.2) is 48.8 Å². The number of carbonyl (C=O) groups is 1. The average Bonchev–Trinajstić information content (AvgIpc) is 2.83. The van der Waals surface area contributed by atoms with E-state index in [9.17, 15) is 4.79 Å². The molecule has 1 aliphatic heterocycles. The van der Waals surface area contributed by atoms with E-state index >= 15 is 0 Å². The fourth-order valence-corrected chi connectivity index (χ4v) is 3.82. The van der Waals surface area contributed by atoms with E-state index in [-0.39, 0.29) is 11.8 Å². The molecule has 0 bridgehead atoms. The van der Waals surface area contributed by atoms with E-state index in [1.54, 1.807) is 12.4 Å². The summed E-state index contributed by atoms with van der Waals surface area (Å²) >= 11 is 0. The van der Waals surface area contributed by atoms with Gasteiger partial charge >= 0.3 is 0 Å². The topological polar surface area (TPSA) is 110 Å². The predicted molar refractivity (Wildman–Crippen MR) is 120 cm³/mol. The number of pyridine rings is 2. The molecule has 4 rings (SSSR count). The molecule has 3 aromatic rings. The number of hydrogen-bond donors (Lipinski definition) is 2. The molecule has 31 heavy (non-hydrogen) atoms. The zero-order valence-electron chi connectivity index (χ0n) is 17.7. The van der Waals surface area contributed by atoms with Crippen molar-refractivity contribution in [2.45, 2.75) is 32.7 Å². The lowest BCUT2D eigenvalue weighted by atomic mass is 9.97. The molecule has 0 aliphatic carbocycles. The van der Waals surface area contributed by atoms with Gasteiger partial charge in [0.1, 0.15) is 17.3 Å². The Balaban J connectivity index is 1.54. The van der Waals surface area contributed by atoms with Gasteiger partial charge < -0.3 is 16.0 Å². The first-order chi connectivity index (χ1) is 15.1. The Labute approximate surface area is 182 Å². The van der Waals surface area contributed by atoms with Crippen LogP contribution in [0.1, 0.15) is 31.0 Å². The largest absolute Gasteiger partial charge is 0.369 e. The summed E-state index contributed by atoms with van der Waals surface area (Å²) in [6.07, 6.45) is 6.09. The Hall–Kier alpha value is -3.55. The number of aromatic nitrogens is 4. The summed E-state index contributed by atoms with van der Waals surface area (Å²) in [7, 11) is 0. The maximum atomic E-state index is 11.7. The highest BCUT2D eigenvalue weighted by atomic mass is 16.1. The predicted octanol–water partition coefficient (Wildman–Crippen LogP) is 2.81. The summed E-state index contributed by atoms with van der Waals surface area (Å²) in [6.45, 7) is 4.10. The minimum absolute atomic E-state index is 0.133. The molecule has 0 radical (unpaired) electrons. The van der Waals surface area contributed by atoms with Crippen LogP contribution in [-0.4, -0.2) is 38.9 Å². The fraction of sp³-hybridized carbons (Fsp3) is 0.348. The van der Waals surface area contributed by atoms with E-state index in [0.717, 1.165) is 54.4 Å². The van der Waals surface area contributed by atoms with Crippen molar-refractivity contribution < 1.29 is 4.79 Å². The first-order valence-electron chi connectivity index (χ1n) is 10.7. The average molecular weight is 418 g/mol. The summed E-state index contributed by atoms with van der Waals surface area (Å²) < 4.78 is 0. The summed E-state index contributed by atoms with van der Waals surface area (Å²) in [6, 6.07) is 11.6. The van der Waals surface area contributed by atoms with Crippen molar-refractivity contribution in [2.75, 3.05) is 23.3 Å². The molecule has 8 nitrogen and oxygen atoms in total. The number of nitrogens with two attached hydrogens (primary N) is 1. The lowest BCUT2D eigenvalue weighted by molar-refractivity contribution is -0.122. The highest BCUT2D eigenvalue weighted by Gasteiger charge is 2.26. The van der Waals surface area contributed by atoms with Crippen LogP contribution >= 0.6 is 0 Å². The number of rotatable bonds is 7. The van der Waals surface area contributed by atoms with E-state index in [2.05, 4.69) is 37.1 Å². The second-order valence-electron chi connectivity index (χ2n) is 7.66. The van der Waals surface area contributed by atoms with Gasteiger partial charge in [-0.05, 0) is 37.5 Å². The van der Waals surface area contributed by atoms with Crippen molar-refractivity contribution in [1.29, 1.82) is 0 Å². The van der Waals surface area contributed by atoms with Crippen LogP contribution in [0, 0.1) is 5.92 Å². The Kier molecular flexibility index (Phi) is 6.35. The summed E-state index contributed by atoms with van der Waals surface area (Å²) in [5, 5.41) is 3.42. The van der Waals surface area contributed by atoms with Gasteiger partial charge in [0.05, 0.1) is 5.92 Å². The van der Waals surface area contributed by atoms with Crippen molar-refractivity contribution in [3.63, 3.8) is 0 Å². The van der Waals surface area contributed by atoms with Crippen LogP contribution in [0.5, 0.6) is 0 Å². The first kappa shape index (κ1) is 20.7.